The third kappa shape index (κ3) is 4.43. The number of aromatic nitrogens is 3. The lowest BCUT2D eigenvalue weighted by atomic mass is 9.97. The molecular formula is C24H25N5O4. The van der Waals surface area contributed by atoms with Crippen LogP contribution in [0.4, 0.5) is 10.5 Å². The van der Waals surface area contributed by atoms with Gasteiger partial charge in [-0.3, -0.25) is 15.0 Å². The Morgan fingerprint density at radius 1 is 1.18 bits per heavy atom. The number of benzene rings is 2. The van der Waals surface area contributed by atoms with Crippen molar-refractivity contribution in [2.45, 2.75) is 38.8 Å². The number of H-pyrrole nitrogens is 2. The van der Waals surface area contributed by atoms with Gasteiger partial charge in [-0.25, -0.2) is 9.78 Å². The number of carbonyl (C=O) groups is 1. The molecule has 2 heterocycles. The van der Waals surface area contributed by atoms with Crippen molar-refractivity contribution in [2.24, 2.45) is 0 Å². The molecular weight excluding hydrogens is 422 g/mol. The number of para-hydroxylation sites is 1. The van der Waals surface area contributed by atoms with Gasteiger partial charge in [0.05, 0.1) is 22.9 Å². The van der Waals surface area contributed by atoms with Crippen LogP contribution in [-0.2, 0) is 6.42 Å². The first-order valence-electron chi connectivity index (χ1n) is 10.5. The number of imidazole rings is 1. The fourth-order valence-corrected chi connectivity index (χ4v) is 4.12. The molecule has 1 amide bonds. The van der Waals surface area contributed by atoms with Gasteiger partial charge in [-0.2, -0.15) is 0 Å². The number of nitrogens with one attached hydrogen (secondary N) is 2. The second-order valence-electron chi connectivity index (χ2n) is 8.89. The molecule has 0 aliphatic rings. The second-order valence-corrected chi connectivity index (χ2v) is 8.89. The summed E-state index contributed by atoms with van der Waals surface area (Å²) in [4.78, 5) is 35.3. The summed E-state index contributed by atoms with van der Waals surface area (Å²) in [7, 11) is 0. The minimum atomic E-state index is -1.04. The molecule has 0 radical (unpaired) electrons. The fraction of sp³-hybridized carbons (Fsp3) is 0.250. The van der Waals surface area contributed by atoms with Crippen LogP contribution in [-0.4, -0.2) is 41.5 Å². The number of nitrogens with zero attached hydrogens (tertiary/aromatic N) is 3. The number of aromatic amines is 2. The first kappa shape index (κ1) is 22.1. The minimum absolute atomic E-state index is 0.000450. The van der Waals surface area contributed by atoms with Gasteiger partial charge in [0, 0.05) is 46.8 Å². The molecule has 0 spiro atoms. The normalized spacial score (nSPS) is 12.6. The highest BCUT2D eigenvalue weighted by molar-refractivity contribution is 5.83. The van der Waals surface area contributed by atoms with Crippen LogP contribution in [0.2, 0.25) is 0 Å². The van der Waals surface area contributed by atoms with Crippen LogP contribution in [0.1, 0.15) is 38.2 Å². The third-order valence-corrected chi connectivity index (χ3v) is 5.63. The number of hydrogen-bond acceptors (Lipinski definition) is 4. The molecule has 9 nitrogen and oxygen atoms in total. The van der Waals surface area contributed by atoms with Crippen LogP contribution >= 0.6 is 0 Å². The molecule has 0 aliphatic carbocycles. The summed E-state index contributed by atoms with van der Waals surface area (Å²) in [6.07, 6.45) is 2.91. The van der Waals surface area contributed by atoms with E-state index >= 15 is 0 Å². The summed E-state index contributed by atoms with van der Waals surface area (Å²) < 4.78 is 0. The third-order valence-electron chi connectivity index (χ3n) is 5.63. The maximum Gasteiger partial charge on any atom is 0.408 e. The summed E-state index contributed by atoms with van der Waals surface area (Å²) in [6, 6.07) is 13.4. The molecule has 0 unspecified atom stereocenters. The largest absolute Gasteiger partial charge is 0.465 e. The maximum absolute atomic E-state index is 12.3. The summed E-state index contributed by atoms with van der Waals surface area (Å²) in [5.41, 5.74) is 2.67. The summed E-state index contributed by atoms with van der Waals surface area (Å²) in [5, 5.41) is 22.1. The lowest BCUT2D eigenvalue weighted by molar-refractivity contribution is -0.384. The van der Waals surface area contributed by atoms with Crippen LogP contribution in [0.25, 0.3) is 22.2 Å². The Kier molecular flexibility index (Phi) is 5.63. The molecule has 4 rings (SSSR count). The average Bonchev–Trinajstić information content (AvgIpc) is 3.40. The Bertz CT molecular complexity index is 1300. The van der Waals surface area contributed by atoms with Gasteiger partial charge in [0.25, 0.3) is 5.69 Å². The molecule has 33 heavy (non-hydrogen) atoms. The highest BCUT2D eigenvalue weighted by Gasteiger charge is 2.36. The van der Waals surface area contributed by atoms with E-state index in [0.29, 0.717) is 17.9 Å². The van der Waals surface area contributed by atoms with Crippen LogP contribution in [0.15, 0.2) is 60.9 Å². The zero-order chi connectivity index (χ0) is 23.8. The fourth-order valence-electron chi connectivity index (χ4n) is 4.12. The maximum atomic E-state index is 12.3. The molecule has 0 saturated heterocycles. The number of carboxylic acid groups (broad SMARTS) is 1. The zero-order valence-electron chi connectivity index (χ0n) is 18.6. The van der Waals surface area contributed by atoms with Crippen molar-refractivity contribution >= 4 is 22.7 Å². The van der Waals surface area contributed by atoms with Crippen molar-refractivity contribution in [3.05, 3.63) is 82.4 Å². The van der Waals surface area contributed by atoms with Gasteiger partial charge in [0.15, 0.2) is 0 Å². The van der Waals surface area contributed by atoms with Crippen LogP contribution in [0.5, 0.6) is 0 Å². The number of fused-ring (bicyclic) bond motifs is 1. The van der Waals surface area contributed by atoms with Crippen molar-refractivity contribution in [1.82, 2.24) is 19.9 Å². The summed E-state index contributed by atoms with van der Waals surface area (Å²) in [5.74, 6) is 0.506. The molecule has 2 aromatic carbocycles. The molecule has 170 valence electrons. The molecule has 2 aromatic heterocycles. The Hall–Kier alpha value is -4.14. The lowest BCUT2D eigenvalue weighted by Gasteiger charge is -2.38. The van der Waals surface area contributed by atoms with Crippen molar-refractivity contribution < 1.29 is 14.8 Å². The number of nitro benzene ring substituents is 1. The Morgan fingerprint density at radius 3 is 2.52 bits per heavy atom. The number of hydrogen-bond donors (Lipinski definition) is 3. The smallest absolute Gasteiger partial charge is 0.408 e. The number of non-ortho nitro benzene ring substituents is 1. The number of rotatable bonds is 6. The highest BCUT2D eigenvalue weighted by Crippen LogP contribution is 2.33. The van der Waals surface area contributed by atoms with E-state index in [4.69, 9.17) is 0 Å². The first-order valence-corrected chi connectivity index (χ1v) is 10.5. The standard InChI is InChI=1S/C24H25N5O4/c1-24(2,3)28(23(30)31)21(12-16-13-25-19-7-5-4-6-18(16)19)22-26-14-20(27-22)15-8-10-17(11-9-15)29(32)33/h4-11,13-14,21,25H,12H2,1-3H3,(H,26,27)(H,30,31)/t21-/m1/s1. The molecule has 9 heteroatoms. The van der Waals surface area contributed by atoms with E-state index in [1.165, 1.54) is 17.0 Å². The van der Waals surface area contributed by atoms with Crippen molar-refractivity contribution in [1.29, 1.82) is 0 Å². The molecule has 0 aliphatic heterocycles. The van der Waals surface area contributed by atoms with Crippen LogP contribution < -0.4 is 0 Å². The van der Waals surface area contributed by atoms with E-state index in [2.05, 4.69) is 15.0 Å². The van der Waals surface area contributed by atoms with Gasteiger partial charge in [-0.1, -0.05) is 18.2 Å². The monoisotopic (exact) mass is 447 g/mol. The molecule has 0 saturated carbocycles. The van der Waals surface area contributed by atoms with E-state index in [9.17, 15) is 20.0 Å². The molecule has 4 aromatic rings. The number of amides is 1. The van der Waals surface area contributed by atoms with E-state index < -0.39 is 22.6 Å². The van der Waals surface area contributed by atoms with Gasteiger partial charge in [-0.15, -0.1) is 0 Å². The Labute approximate surface area is 190 Å². The van der Waals surface area contributed by atoms with Gasteiger partial charge in [-0.05, 0) is 44.5 Å². The van der Waals surface area contributed by atoms with E-state index in [-0.39, 0.29) is 5.69 Å². The van der Waals surface area contributed by atoms with Crippen molar-refractivity contribution in [2.75, 3.05) is 0 Å². The topological polar surface area (TPSA) is 128 Å². The predicted octanol–water partition coefficient (Wildman–Crippen LogP) is 5.53. The first-order chi connectivity index (χ1) is 15.6. The Morgan fingerprint density at radius 2 is 1.88 bits per heavy atom. The van der Waals surface area contributed by atoms with Gasteiger partial charge >= 0.3 is 6.09 Å². The van der Waals surface area contributed by atoms with Gasteiger partial charge < -0.3 is 15.1 Å². The van der Waals surface area contributed by atoms with E-state index in [1.807, 2.05) is 51.2 Å². The minimum Gasteiger partial charge on any atom is -0.465 e. The summed E-state index contributed by atoms with van der Waals surface area (Å²) in [6.45, 7) is 5.55. The highest BCUT2D eigenvalue weighted by atomic mass is 16.6. The summed E-state index contributed by atoms with van der Waals surface area (Å²) >= 11 is 0. The predicted molar refractivity (Wildman–Crippen MR) is 125 cm³/mol. The average molecular weight is 447 g/mol. The zero-order valence-corrected chi connectivity index (χ0v) is 18.6. The Balaban J connectivity index is 1.75. The SMILES string of the molecule is CC(C)(C)N(C(=O)O)[C@H](Cc1c[nH]c2ccccc12)c1ncc(-c2ccc([N+](=O)[O-])cc2)[nH]1. The van der Waals surface area contributed by atoms with Crippen LogP contribution in [0, 0.1) is 10.1 Å². The second kappa shape index (κ2) is 8.42. The van der Waals surface area contributed by atoms with Crippen molar-refractivity contribution in [3.63, 3.8) is 0 Å². The van der Waals surface area contributed by atoms with Gasteiger partial charge in [0.1, 0.15) is 5.82 Å². The molecule has 0 fully saturated rings. The lowest BCUT2D eigenvalue weighted by Crippen LogP contribution is -2.48. The number of nitro groups is 1. The van der Waals surface area contributed by atoms with Crippen LogP contribution in [0.3, 0.4) is 0 Å². The molecule has 1 atom stereocenters. The molecule has 3 N–H and O–H groups in total. The van der Waals surface area contributed by atoms with Gasteiger partial charge in [0.2, 0.25) is 0 Å². The van der Waals surface area contributed by atoms with E-state index in [0.717, 1.165) is 22.0 Å². The molecule has 0 bridgehead atoms. The quantitative estimate of drug-likeness (QED) is 0.264. The van der Waals surface area contributed by atoms with E-state index in [1.54, 1.807) is 18.3 Å². The van der Waals surface area contributed by atoms with Crippen molar-refractivity contribution in [3.8, 4) is 11.3 Å².